The lowest BCUT2D eigenvalue weighted by Gasteiger charge is -2.37. The molecule has 3 amide bonds. The van der Waals surface area contributed by atoms with Crippen molar-refractivity contribution in [2.24, 2.45) is 0 Å². The van der Waals surface area contributed by atoms with Crippen LogP contribution in [0.1, 0.15) is 36.0 Å². The van der Waals surface area contributed by atoms with Crippen molar-refractivity contribution in [2.75, 3.05) is 23.8 Å². The summed E-state index contributed by atoms with van der Waals surface area (Å²) in [5.41, 5.74) is 1.50. The van der Waals surface area contributed by atoms with E-state index in [2.05, 4.69) is 10.6 Å². The zero-order valence-corrected chi connectivity index (χ0v) is 17.2. The quantitative estimate of drug-likeness (QED) is 0.664. The number of rotatable bonds is 2. The maximum Gasteiger partial charge on any atom is 0.323 e. The largest absolute Gasteiger partial charge is 0.493 e. The molecule has 2 aliphatic heterocycles. The summed E-state index contributed by atoms with van der Waals surface area (Å²) in [5, 5.41) is 6.21. The molecule has 2 N–H and O–H groups in total. The summed E-state index contributed by atoms with van der Waals surface area (Å²) in [6, 6.07) is 9.72. The molecule has 0 radical (unpaired) electrons. The molecule has 8 heteroatoms. The zero-order valence-electron chi connectivity index (χ0n) is 15.7. The fourth-order valence-electron chi connectivity index (χ4n) is 3.80. The Hall–Kier alpha value is -2.44. The molecule has 0 aliphatic carbocycles. The number of anilines is 2. The SMILES string of the molecule is O=C(Nc1ccc(Cl)c(Cl)c1)Nc1ccc2c(c1)C(=O)N1CCCCC1CCO2. The van der Waals surface area contributed by atoms with Crippen LogP contribution >= 0.6 is 23.2 Å². The number of ether oxygens (including phenoxy) is 1. The highest BCUT2D eigenvalue weighted by Gasteiger charge is 2.31. The number of nitrogens with one attached hydrogen (secondary N) is 2. The number of fused-ring (bicyclic) bond motifs is 2. The molecule has 0 spiro atoms. The van der Waals surface area contributed by atoms with E-state index >= 15 is 0 Å². The van der Waals surface area contributed by atoms with Crippen molar-refractivity contribution in [1.29, 1.82) is 0 Å². The number of nitrogens with zero attached hydrogens (tertiary/aromatic N) is 1. The Kier molecular flexibility index (Phi) is 5.83. The average Bonchev–Trinajstić information content (AvgIpc) is 2.70. The second-order valence-electron chi connectivity index (χ2n) is 7.20. The minimum Gasteiger partial charge on any atom is -0.493 e. The molecule has 1 unspecified atom stereocenters. The molecular weight excluding hydrogens is 413 g/mol. The highest BCUT2D eigenvalue weighted by molar-refractivity contribution is 6.42. The van der Waals surface area contributed by atoms with Crippen molar-refractivity contribution in [1.82, 2.24) is 4.90 Å². The van der Waals surface area contributed by atoms with E-state index in [1.54, 1.807) is 36.4 Å². The molecule has 2 aromatic carbocycles. The van der Waals surface area contributed by atoms with Crippen LogP contribution in [0.25, 0.3) is 0 Å². The first-order chi connectivity index (χ1) is 14.0. The molecular formula is C21H21Cl2N3O3. The Bertz CT molecular complexity index is 951. The first-order valence-electron chi connectivity index (χ1n) is 9.62. The average molecular weight is 434 g/mol. The van der Waals surface area contributed by atoms with Gasteiger partial charge in [0.15, 0.2) is 0 Å². The first-order valence-corrected chi connectivity index (χ1v) is 10.4. The number of hydrogen-bond acceptors (Lipinski definition) is 3. The summed E-state index contributed by atoms with van der Waals surface area (Å²) < 4.78 is 5.82. The fourth-order valence-corrected chi connectivity index (χ4v) is 4.09. The summed E-state index contributed by atoms with van der Waals surface area (Å²) >= 11 is 11.9. The number of benzene rings is 2. The van der Waals surface area contributed by atoms with E-state index in [1.165, 1.54) is 0 Å². The molecule has 1 fully saturated rings. The summed E-state index contributed by atoms with van der Waals surface area (Å²) in [6.07, 6.45) is 4.01. The summed E-state index contributed by atoms with van der Waals surface area (Å²) in [4.78, 5) is 27.4. The van der Waals surface area contributed by atoms with Gasteiger partial charge in [0, 0.05) is 30.4 Å². The van der Waals surface area contributed by atoms with Gasteiger partial charge in [0.05, 0.1) is 22.2 Å². The Morgan fingerprint density at radius 1 is 1.00 bits per heavy atom. The molecule has 2 heterocycles. The Labute approximate surface area is 179 Å². The van der Waals surface area contributed by atoms with Crippen molar-refractivity contribution in [3.63, 3.8) is 0 Å². The van der Waals surface area contributed by atoms with Crippen molar-refractivity contribution < 1.29 is 14.3 Å². The van der Waals surface area contributed by atoms with E-state index in [9.17, 15) is 9.59 Å². The summed E-state index contributed by atoms with van der Waals surface area (Å²) in [6.45, 7) is 1.34. The van der Waals surface area contributed by atoms with Gasteiger partial charge in [-0.1, -0.05) is 23.2 Å². The van der Waals surface area contributed by atoms with Crippen LogP contribution in [0.15, 0.2) is 36.4 Å². The van der Waals surface area contributed by atoms with Gasteiger partial charge < -0.3 is 20.3 Å². The van der Waals surface area contributed by atoms with E-state index in [1.807, 2.05) is 4.90 Å². The Morgan fingerprint density at radius 2 is 1.76 bits per heavy atom. The van der Waals surface area contributed by atoms with Crippen LogP contribution in [-0.2, 0) is 0 Å². The fraction of sp³-hybridized carbons (Fsp3) is 0.333. The van der Waals surface area contributed by atoms with Gasteiger partial charge in [-0.25, -0.2) is 4.79 Å². The molecule has 6 nitrogen and oxygen atoms in total. The standard InChI is InChI=1S/C21H21Cl2N3O3/c22-17-6-4-14(12-18(17)23)25-21(28)24-13-5-7-19-16(11-13)20(27)26-9-2-1-3-15(26)8-10-29-19/h4-7,11-12,15H,1-3,8-10H2,(H2,24,25,28). The third-order valence-corrected chi connectivity index (χ3v) is 5.98. The first kappa shape index (κ1) is 19.9. The van der Waals surface area contributed by atoms with Gasteiger partial charge in [0.25, 0.3) is 5.91 Å². The zero-order chi connectivity index (χ0) is 20.4. The number of hydrogen-bond donors (Lipinski definition) is 2. The Balaban J connectivity index is 1.51. The molecule has 0 aromatic heterocycles. The number of urea groups is 1. The van der Waals surface area contributed by atoms with Gasteiger partial charge in [-0.05, 0) is 55.7 Å². The van der Waals surface area contributed by atoms with Crippen molar-refractivity contribution in [3.05, 3.63) is 52.0 Å². The monoisotopic (exact) mass is 433 g/mol. The molecule has 0 bridgehead atoms. The van der Waals surface area contributed by atoms with Crippen LogP contribution in [0.4, 0.5) is 16.2 Å². The summed E-state index contributed by atoms with van der Waals surface area (Å²) in [7, 11) is 0. The summed E-state index contributed by atoms with van der Waals surface area (Å²) in [5.74, 6) is 0.507. The van der Waals surface area contributed by atoms with E-state index in [0.717, 1.165) is 32.2 Å². The highest BCUT2D eigenvalue weighted by Crippen LogP contribution is 2.31. The second kappa shape index (κ2) is 8.51. The maximum atomic E-state index is 13.1. The smallest absolute Gasteiger partial charge is 0.323 e. The molecule has 1 saturated heterocycles. The van der Waals surface area contributed by atoms with E-state index in [4.69, 9.17) is 27.9 Å². The predicted octanol–water partition coefficient (Wildman–Crippen LogP) is 5.41. The molecule has 4 rings (SSSR count). The van der Waals surface area contributed by atoms with E-state index < -0.39 is 6.03 Å². The van der Waals surface area contributed by atoms with Gasteiger partial charge in [0.2, 0.25) is 0 Å². The van der Waals surface area contributed by atoms with Gasteiger partial charge in [-0.2, -0.15) is 0 Å². The number of carbonyl (C=O) groups excluding carboxylic acids is 2. The van der Waals surface area contributed by atoms with Crippen LogP contribution < -0.4 is 15.4 Å². The van der Waals surface area contributed by atoms with Crippen LogP contribution in [-0.4, -0.2) is 36.0 Å². The second-order valence-corrected chi connectivity index (χ2v) is 8.02. The molecule has 1 atom stereocenters. The molecule has 2 aromatic rings. The van der Waals surface area contributed by atoms with Gasteiger partial charge >= 0.3 is 6.03 Å². The number of halogens is 2. The third kappa shape index (κ3) is 4.43. The lowest BCUT2D eigenvalue weighted by Crippen LogP contribution is -2.45. The number of carbonyl (C=O) groups is 2. The van der Waals surface area contributed by atoms with Crippen LogP contribution in [0, 0.1) is 0 Å². The Morgan fingerprint density at radius 3 is 2.55 bits per heavy atom. The lowest BCUT2D eigenvalue weighted by molar-refractivity contribution is 0.0548. The van der Waals surface area contributed by atoms with E-state index in [-0.39, 0.29) is 11.9 Å². The molecule has 152 valence electrons. The number of piperidine rings is 1. The number of amides is 3. The van der Waals surface area contributed by atoms with E-state index in [0.29, 0.717) is 39.3 Å². The molecule has 0 saturated carbocycles. The van der Waals surface area contributed by atoms with Crippen molar-refractivity contribution in [3.8, 4) is 5.75 Å². The normalized spacial score (nSPS) is 18.6. The van der Waals surface area contributed by atoms with Crippen molar-refractivity contribution in [2.45, 2.75) is 31.7 Å². The third-order valence-electron chi connectivity index (χ3n) is 5.24. The van der Waals surface area contributed by atoms with Crippen LogP contribution in [0.3, 0.4) is 0 Å². The highest BCUT2D eigenvalue weighted by atomic mass is 35.5. The van der Waals surface area contributed by atoms with Crippen molar-refractivity contribution >= 4 is 46.5 Å². The maximum absolute atomic E-state index is 13.1. The van der Waals surface area contributed by atoms with Gasteiger partial charge in [-0.15, -0.1) is 0 Å². The molecule has 2 aliphatic rings. The van der Waals surface area contributed by atoms with Crippen LogP contribution in [0.2, 0.25) is 10.0 Å². The van der Waals surface area contributed by atoms with Crippen LogP contribution in [0.5, 0.6) is 5.75 Å². The predicted molar refractivity (Wildman–Crippen MR) is 114 cm³/mol. The topological polar surface area (TPSA) is 70.7 Å². The lowest BCUT2D eigenvalue weighted by atomic mass is 9.97. The minimum absolute atomic E-state index is 0.0436. The molecule has 29 heavy (non-hydrogen) atoms. The van der Waals surface area contributed by atoms with Gasteiger partial charge in [0.1, 0.15) is 5.75 Å². The van der Waals surface area contributed by atoms with Gasteiger partial charge in [-0.3, -0.25) is 4.79 Å². The minimum atomic E-state index is -0.446.